The summed E-state index contributed by atoms with van der Waals surface area (Å²) in [5, 5.41) is 5.36. The van der Waals surface area contributed by atoms with Gasteiger partial charge in [-0.2, -0.15) is 0 Å². The molecule has 1 unspecified atom stereocenters. The molecule has 0 saturated carbocycles. The standard InChI is InChI=1S/C30H17O3PS/c35-34-27-11-5-3-9-23(27)32-25-16-15-19(29(30(25)34)33-24-10-4-6-12-28(24)34)18-13-14-21-20-7-1-2-8-22(20)31-26(21)17-18/h1-17H. The quantitative estimate of drug-likeness (QED) is 0.228. The van der Waals surface area contributed by atoms with Crippen LogP contribution in [0, 0.1) is 0 Å². The predicted molar refractivity (Wildman–Crippen MR) is 145 cm³/mol. The minimum absolute atomic E-state index is 0.783. The van der Waals surface area contributed by atoms with Crippen LogP contribution in [0.4, 0.5) is 0 Å². The van der Waals surface area contributed by atoms with Gasteiger partial charge in [-0.15, -0.1) is 0 Å². The first-order valence-corrected chi connectivity index (χ1v) is 14.3. The Labute approximate surface area is 206 Å². The molecule has 2 aliphatic heterocycles. The van der Waals surface area contributed by atoms with Crippen molar-refractivity contribution in [2.45, 2.75) is 0 Å². The molecule has 0 N–H and O–H groups in total. The molecule has 3 nitrogen and oxygen atoms in total. The largest absolute Gasteiger partial charge is 0.456 e. The fourth-order valence-electron chi connectivity index (χ4n) is 5.36. The van der Waals surface area contributed by atoms with E-state index < -0.39 is 6.04 Å². The fourth-order valence-corrected chi connectivity index (χ4v) is 9.86. The number of fused-ring (bicyclic) bond motifs is 7. The molecule has 8 rings (SSSR count). The molecule has 0 aliphatic carbocycles. The second-order valence-corrected chi connectivity index (χ2v) is 13.1. The van der Waals surface area contributed by atoms with E-state index in [1.54, 1.807) is 0 Å². The van der Waals surface area contributed by atoms with E-state index >= 15 is 0 Å². The Balaban J connectivity index is 1.42. The van der Waals surface area contributed by atoms with Crippen LogP contribution in [-0.4, -0.2) is 0 Å². The highest BCUT2D eigenvalue weighted by atomic mass is 32.4. The molecular formula is C30H17O3PS. The Hall–Kier alpha value is -3.85. The van der Waals surface area contributed by atoms with E-state index in [0.29, 0.717) is 0 Å². The van der Waals surface area contributed by atoms with Crippen LogP contribution in [0.1, 0.15) is 0 Å². The van der Waals surface area contributed by atoms with Gasteiger partial charge < -0.3 is 13.9 Å². The van der Waals surface area contributed by atoms with Gasteiger partial charge >= 0.3 is 0 Å². The van der Waals surface area contributed by atoms with E-state index in [-0.39, 0.29) is 0 Å². The second-order valence-electron chi connectivity index (χ2n) is 8.85. The molecule has 0 saturated heterocycles. The van der Waals surface area contributed by atoms with E-state index in [2.05, 4.69) is 42.5 Å². The maximum atomic E-state index is 6.62. The summed E-state index contributed by atoms with van der Waals surface area (Å²) in [6.45, 7) is 0. The minimum Gasteiger partial charge on any atom is -0.456 e. The summed E-state index contributed by atoms with van der Waals surface area (Å²) in [5.74, 6) is 3.23. The van der Waals surface area contributed by atoms with Crippen molar-refractivity contribution in [3.8, 4) is 34.1 Å². The number of rotatable bonds is 1. The molecular weight excluding hydrogens is 471 g/mol. The lowest BCUT2D eigenvalue weighted by atomic mass is 10.0. The third-order valence-electron chi connectivity index (χ3n) is 6.94. The number of ether oxygens (including phenoxy) is 2. The summed E-state index contributed by atoms with van der Waals surface area (Å²) < 4.78 is 19.2. The molecule has 5 aromatic carbocycles. The molecule has 0 amide bonds. The SMILES string of the molecule is S=P12c3ccccc3Oc3ccc(-c4ccc5c(c4)oc4ccccc45)c(c31)Oc1ccccc12. The summed E-state index contributed by atoms with van der Waals surface area (Å²) in [4.78, 5) is 0. The third-order valence-corrected chi connectivity index (χ3v) is 11.8. The summed E-state index contributed by atoms with van der Waals surface area (Å²) in [7, 11) is 0. The van der Waals surface area contributed by atoms with Crippen LogP contribution >= 0.6 is 6.04 Å². The molecule has 3 heterocycles. The van der Waals surface area contributed by atoms with Gasteiger partial charge in [0.1, 0.15) is 34.2 Å². The monoisotopic (exact) mass is 488 g/mol. The molecule has 35 heavy (non-hydrogen) atoms. The normalized spacial score (nSPS) is 17.3. The lowest BCUT2D eigenvalue weighted by molar-refractivity contribution is 0.467. The lowest BCUT2D eigenvalue weighted by Crippen LogP contribution is -2.35. The summed E-state index contributed by atoms with van der Waals surface area (Å²) in [5.41, 5.74) is 3.75. The van der Waals surface area contributed by atoms with E-state index in [9.17, 15) is 0 Å². The lowest BCUT2D eigenvalue weighted by Gasteiger charge is -2.38. The van der Waals surface area contributed by atoms with Crippen LogP contribution in [-0.2, 0) is 11.8 Å². The van der Waals surface area contributed by atoms with Crippen LogP contribution in [0.2, 0.25) is 0 Å². The van der Waals surface area contributed by atoms with Crippen LogP contribution in [0.15, 0.2) is 108 Å². The molecule has 6 aromatic rings. The molecule has 0 fully saturated rings. The van der Waals surface area contributed by atoms with Crippen LogP contribution in [0.3, 0.4) is 0 Å². The molecule has 0 bridgehead atoms. The summed E-state index contributed by atoms with van der Waals surface area (Å²) in [6.07, 6.45) is 0. The van der Waals surface area contributed by atoms with Crippen molar-refractivity contribution in [3.63, 3.8) is 0 Å². The topological polar surface area (TPSA) is 31.6 Å². The Morgan fingerprint density at radius 1 is 0.571 bits per heavy atom. The van der Waals surface area contributed by atoms with Crippen molar-refractivity contribution in [2.24, 2.45) is 0 Å². The Bertz CT molecular complexity index is 1890. The van der Waals surface area contributed by atoms with Gasteiger partial charge in [0.15, 0.2) is 0 Å². The fraction of sp³-hybridized carbons (Fsp3) is 0. The van der Waals surface area contributed by atoms with Gasteiger partial charge in [0, 0.05) is 26.9 Å². The maximum absolute atomic E-state index is 6.62. The minimum atomic E-state index is -2.37. The first kappa shape index (κ1) is 19.5. The first-order chi connectivity index (χ1) is 17.2. The molecule has 5 heteroatoms. The van der Waals surface area contributed by atoms with Gasteiger partial charge in [0.2, 0.25) is 0 Å². The number of hydrogen-bond donors (Lipinski definition) is 0. The van der Waals surface area contributed by atoms with Gasteiger partial charge in [-0.3, -0.25) is 0 Å². The smallest absolute Gasteiger partial charge is 0.148 e. The molecule has 166 valence electrons. The van der Waals surface area contributed by atoms with Gasteiger partial charge in [0.05, 0.1) is 11.3 Å². The van der Waals surface area contributed by atoms with Gasteiger partial charge in [-0.1, -0.05) is 60.3 Å². The first-order valence-electron chi connectivity index (χ1n) is 11.5. The molecule has 0 spiro atoms. The average molecular weight is 489 g/mol. The van der Waals surface area contributed by atoms with E-state index in [4.69, 9.17) is 25.7 Å². The highest BCUT2D eigenvalue weighted by Gasteiger charge is 2.43. The summed E-state index contributed by atoms with van der Waals surface area (Å²) >= 11 is 6.62. The highest BCUT2D eigenvalue weighted by Crippen LogP contribution is 2.60. The van der Waals surface area contributed by atoms with E-state index in [1.807, 2.05) is 60.7 Å². The third kappa shape index (κ3) is 2.53. The number of para-hydroxylation sites is 3. The number of furan rings is 1. The zero-order chi connectivity index (χ0) is 23.1. The van der Waals surface area contributed by atoms with Crippen molar-refractivity contribution in [2.75, 3.05) is 0 Å². The number of hydrogen-bond acceptors (Lipinski definition) is 4. The predicted octanol–water partition coefficient (Wildman–Crippen LogP) is 7.22. The van der Waals surface area contributed by atoms with Crippen LogP contribution in [0.5, 0.6) is 23.0 Å². The molecule has 0 radical (unpaired) electrons. The van der Waals surface area contributed by atoms with Crippen LogP contribution in [0.25, 0.3) is 33.1 Å². The summed E-state index contributed by atoms with van der Waals surface area (Å²) in [6, 6.07) is 32.5. The molecule has 1 atom stereocenters. The Kier molecular flexibility index (Phi) is 3.81. The van der Waals surface area contributed by atoms with Crippen LogP contribution < -0.4 is 25.4 Å². The van der Waals surface area contributed by atoms with Crippen molar-refractivity contribution < 1.29 is 13.9 Å². The van der Waals surface area contributed by atoms with E-state index in [1.165, 1.54) is 0 Å². The molecule has 2 aliphatic rings. The Morgan fingerprint density at radius 2 is 1.26 bits per heavy atom. The number of benzene rings is 5. The van der Waals surface area contributed by atoms with E-state index in [0.717, 1.165) is 72.0 Å². The van der Waals surface area contributed by atoms with Gasteiger partial charge in [0.25, 0.3) is 0 Å². The van der Waals surface area contributed by atoms with Gasteiger partial charge in [-0.25, -0.2) is 0 Å². The van der Waals surface area contributed by atoms with Gasteiger partial charge in [-0.05, 0) is 60.2 Å². The van der Waals surface area contributed by atoms with Crippen molar-refractivity contribution >= 4 is 55.7 Å². The maximum Gasteiger partial charge on any atom is 0.148 e. The van der Waals surface area contributed by atoms with Crippen molar-refractivity contribution in [3.05, 3.63) is 103 Å². The molecule has 1 aromatic heterocycles. The zero-order valence-corrected chi connectivity index (χ0v) is 20.1. The van der Waals surface area contributed by atoms with Crippen molar-refractivity contribution in [1.29, 1.82) is 0 Å². The highest BCUT2D eigenvalue weighted by molar-refractivity contribution is 8.26. The second kappa shape index (κ2) is 6.85. The van der Waals surface area contributed by atoms with Crippen molar-refractivity contribution in [1.82, 2.24) is 0 Å². The average Bonchev–Trinajstić information content (AvgIpc) is 3.27. The Morgan fingerprint density at radius 3 is 2.09 bits per heavy atom. The zero-order valence-electron chi connectivity index (χ0n) is 18.4.